The maximum absolute atomic E-state index is 6.25. The van der Waals surface area contributed by atoms with E-state index in [0.29, 0.717) is 0 Å². The van der Waals surface area contributed by atoms with Gasteiger partial charge in [0.05, 0.1) is 0 Å². The van der Waals surface area contributed by atoms with Gasteiger partial charge in [-0.25, -0.2) is 0 Å². The van der Waals surface area contributed by atoms with E-state index in [0.717, 1.165) is 34.8 Å². The number of rotatable bonds is 1. The van der Waals surface area contributed by atoms with Crippen LogP contribution in [-0.2, 0) is 0 Å². The molecule has 0 amide bonds. The number of benzene rings is 2. The molecule has 0 aromatic heterocycles. The van der Waals surface area contributed by atoms with Crippen LogP contribution in [0.4, 0.5) is 0 Å². The predicted octanol–water partition coefficient (Wildman–Crippen LogP) is 2.94. The lowest BCUT2D eigenvalue weighted by molar-refractivity contribution is 0.160. The molecule has 2 N–H and O–H groups in total. The molecule has 2 heterocycles. The fraction of sp³-hybridized carbons (Fsp3) is 0.250. The lowest BCUT2D eigenvalue weighted by Crippen LogP contribution is -2.24. The van der Waals surface area contributed by atoms with Gasteiger partial charge in [-0.15, -0.1) is 0 Å². The van der Waals surface area contributed by atoms with Crippen molar-refractivity contribution in [1.82, 2.24) is 0 Å². The Hall–Kier alpha value is -2.20. The first-order chi connectivity index (χ1) is 9.81. The van der Waals surface area contributed by atoms with Crippen LogP contribution in [0.5, 0.6) is 17.2 Å². The van der Waals surface area contributed by atoms with E-state index in [2.05, 4.69) is 0 Å². The molecule has 2 aromatic rings. The fourth-order valence-electron chi connectivity index (χ4n) is 2.77. The quantitative estimate of drug-likeness (QED) is 0.864. The summed E-state index contributed by atoms with van der Waals surface area (Å²) in [7, 11) is 0. The van der Waals surface area contributed by atoms with Crippen molar-refractivity contribution in [3.8, 4) is 17.2 Å². The molecule has 0 saturated carbocycles. The van der Waals surface area contributed by atoms with E-state index < -0.39 is 0 Å². The van der Waals surface area contributed by atoms with E-state index in [-0.39, 0.29) is 18.9 Å². The van der Waals surface area contributed by atoms with Gasteiger partial charge in [-0.05, 0) is 23.8 Å². The van der Waals surface area contributed by atoms with E-state index in [4.69, 9.17) is 19.9 Å². The van der Waals surface area contributed by atoms with Crippen LogP contribution in [0.3, 0.4) is 0 Å². The van der Waals surface area contributed by atoms with Gasteiger partial charge in [-0.1, -0.05) is 24.3 Å². The van der Waals surface area contributed by atoms with Gasteiger partial charge in [-0.3, -0.25) is 0 Å². The van der Waals surface area contributed by atoms with Crippen molar-refractivity contribution in [3.63, 3.8) is 0 Å². The smallest absolute Gasteiger partial charge is 0.231 e. The van der Waals surface area contributed by atoms with E-state index in [9.17, 15) is 0 Å². The van der Waals surface area contributed by atoms with Crippen LogP contribution in [0.25, 0.3) is 0 Å². The minimum atomic E-state index is -0.0469. The summed E-state index contributed by atoms with van der Waals surface area (Å²) in [5.41, 5.74) is 8.39. The molecule has 4 rings (SSSR count). The molecule has 1 unspecified atom stereocenters. The topological polar surface area (TPSA) is 53.7 Å². The summed E-state index contributed by atoms with van der Waals surface area (Å²) >= 11 is 0. The first-order valence-corrected chi connectivity index (χ1v) is 6.72. The Morgan fingerprint density at radius 3 is 2.75 bits per heavy atom. The van der Waals surface area contributed by atoms with Crippen molar-refractivity contribution in [2.75, 3.05) is 6.79 Å². The second-order valence-corrected chi connectivity index (χ2v) is 5.10. The average Bonchev–Trinajstić information content (AvgIpc) is 2.94. The van der Waals surface area contributed by atoms with Crippen LogP contribution in [0.15, 0.2) is 42.5 Å². The molecule has 0 bridgehead atoms. The highest BCUT2D eigenvalue weighted by Gasteiger charge is 2.28. The first-order valence-electron chi connectivity index (χ1n) is 6.72. The molecule has 0 radical (unpaired) electrons. The van der Waals surface area contributed by atoms with Crippen molar-refractivity contribution < 1.29 is 14.2 Å². The van der Waals surface area contributed by atoms with Crippen molar-refractivity contribution >= 4 is 0 Å². The Balaban J connectivity index is 1.68. The maximum Gasteiger partial charge on any atom is 0.231 e. The van der Waals surface area contributed by atoms with Crippen molar-refractivity contribution in [2.24, 2.45) is 5.73 Å². The Morgan fingerprint density at radius 1 is 0.950 bits per heavy atom. The molecule has 102 valence electrons. The minimum absolute atomic E-state index is 0.00428. The van der Waals surface area contributed by atoms with E-state index >= 15 is 0 Å². The van der Waals surface area contributed by atoms with Crippen LogP contribution in [0.2, 0.25) is 0 Å². The Morgan fingerprint density at radius 2 is 1.80 bits per heavy atom. The average molecular weight is 269 g/mol. The lowest BCUT2D eigenvalue weighted by atomic mass is 9.93. The second kappa shape index (κ2) is 4.42. The number of hydrogen-bond acceptors (Lipinski definition) is 4. The maximum atomic E-state index is 6.25. The number of ether oxygens (including phenoxy) is 3. The zero-order chi connectivity index (χ0) is 13.5. The van der Waals surface area contributed by atoms with E-state index in [1.807, 2.05) is 42.5 Å². The summed E-state index contributed by atoms with van der Waals surface area (Å²) in [6.07, 6.45) is 0.714. The molecule has 0 spiro atoms. The molecule has 20 heavy (non-hydrogen) atoms. The number of fused-ring (bicyclic) bond motifs is 2. The molecule has 2 aliphatic heterocycles. The normalized spacial score (nSPS) is 23.1. The molecule has 2 aliphatic rings. The third-order valence-electron chi connectivity index (χ3n) is 3.82. The molecular formula is C16H15NO3. The Labute approximate surface area is 117 Å². The van der Waals surface area contributed by atoms with Gasteiger partial charge in [0.1, 0.15) is 11.9 Å². The largest absolute Gasteiger partial charge is 0.485 e. The molecule has 2 aromatic carbocycles. The van der Waals surface area contributed by atoms with Gasteiger partial charge in [0.2, 0.25) is 6.79 Å². The highest BCUT2D eigenvalue weighted by Crippen LogP contribution is 2.42. The summed E-state index contributed by atoms with van der Waals surface area (Å²) in [6, 6.07) is 13.9. The molecule has 2 atom stereocenters. The third kappa shape index (κ3) is 1.80. The highest BCUT2D eigenvalue weighted by molar-refractivity contribution is 5.46. The van der Waals surface area contributed by atoms with Gasteiger partial charge in [-0.2, -0.15) is 0 Å². The van der Waals surface area contributed by atoms with Gasteiger partial charge in [0.25, 0.3) is 0 Å². The Bertz CT molecular complexity index is 656. The molecule has 0 saturated heterocycles. The second-order valence-electron chi connectivity index (χ2n) is 5.10. The summed E-state index contributed by atoms with van der Waals surface area (Å²) in [5, 5.41) is 0. The third-order valence-corrected chi connectivity index (χ3v) is 3.82. The van der Waals surface area contributed by atoms with Crippen LogP contribution in [0.1, 0.15) is 29.7 Å². The predicted molar refractivity (Wildman–Crippen MR) is 73.9 cm³/mol. The van der Waals surface area contributed by atoms with Crippen LogP contribution >= 0.6 is 0 Å². The minimum Gasteiger partial charge on any atom is -0.485 e. The van der Waals surface area contributed by atoms with E-state index in [1.54, 1.807) is 0 Å². The number of para-hydroxylation sites is 1. The number of hydrogen-bond donors (Lipinski definition) is 1. The van der Waals surface area contributed by atoms with E-state index in [1.165, 1.54) is 0 Å². The van der Waals surface area contributed by atoms with Crippen molar-refractivity contribution in [1.29, 1.82) is 0 Å². The zero-order valence-electron chi connectivity index (χ0n) is 10.9. The van der Waals surface area contributed by atoms with Gasteiger partial charge in [0.15, 0.2) is 11.5 Å². The van der Waals surface area contributed by atoms with Crippen LogP contribution in [-0.4, -0.2) is 6.79 Å². The van der Waals surface area contributed by atoms with Gasteiger partial charge >= 0.3 is 0 Å². The first kappa shape index (κ1) is 11.6. The molecule has 0 aliphatic carbocycles. The van der Waals surface area contributed by atoms with Gasteiger partial charge < -0.3 is 19.9 Å². The highest BCUT2D eigenvalue weighted by atomic mass is 16.7. The molecular weight excluding hydrogens is 254 g/mol. The fourth-order valence-corrected chi connectivity index (χ4v) is 2.77. The summed E-state index contributed by atoms with van der Waals surface area (Å²) < 4.78 is 16.8. The molecule has 4 heteroatoms. The van der Waals surface area contributed by atoms with Crippen molar-refractivity contribution in [3.05, 3.63) is 53.6 Å². The number of nitrogens with two attached hydrogens (primary N) is 1. The summed E-state index contributed by atoms with van der Waals surface area (Å²) in [5.74, 6) is 2.43. The van der Waals surface area contributed by atoms with Gasteiger partial charge in [0, 0.05) is 18.0 Å². The Kier molecular flexibility index (Phi) is 2.57. The lowest BCUT2D eigenvalue weighted by Gasteiger charge is -2.30. The summed E-state index contributed by atoms with van der Waals surface area (Å²) in [4.78, 5) is 0. The monoisotopic (exact) mass is 269 g/mol. The SMILES string of the molecule is N[C@@H]1CC(c2ccc3c(c2)OCO3)Oc2ccccc21. The zero-order valence-corrected chi connectivity index (χ0v) is 10.9. The molecule has 0 fully saturated rings. The standard InChI is InChI=1S/C16H15NO3/c17-12-8-15(20-13-4-2-1-3-11(12)13)10-5-6-14-16(7-10)19-9-18-14/h1-7,12,15H,8-9,17H2/t12-,15?/m1/s1. The van der Waals surface area contributed by atoms with Crippen molar-refractivity contribution in [2.45, 2.75) is 18.6 Å². The van der Waals surface area contributed by atoms with Crippen LogP contribution < -0.4 is 19.9 Å². The molecule has 4 nitrogen and oxygen atoms in total. The summed E-state index contributed by atoms with van der Waals surface area (Å²) in [6.45, 7) is 0.284. The van der Waals surface area contributed by atoms with Crippen LogP contribution in [0, 0.1) is 0 Å².